The van der Waals surface area contributed by atoms with Gasteiger partial charge in [0.15, 0.2) is 0 Å². The van der Waals surface area contributed by atoms with Crippen molar-refractivity contribution in [2.45, 2.75) is 81.1 Å². The summed E-state index contributed by atoms with van der Waals surface area (Å²) in [4.78, 5) is 13.2. The summed E-state index contributed by atoms with van der Waals surface area (Å²) in [6, 6.07) is 4.38. The Morgan fingerprint density at radius 2 is 1.00 bits per heavy atom. The lowest BCUT2D eigenvalue weighted by molar-refractivity contribution is 0.612. The van der Waals surface area contributed by atoms with E-state index in [0.29, 0.717) is 23.7 Å². The first-order valence-corrected chi connectivity index (χ1v) is 10.9. The van der Waals surface area contributed by atoms with Gasteiger partial charge in [-0.2, -0.15) is 0 Å². The highest BCUT2D eigenvalue weighted by Gasteiger charge is 2.03. The lowest BCUT2D eigenvalue weighted by Crippen LogP contribution is -2.02. The molecule has 2 rings (SSSR count). The maximum absolute atomic E-state index is 4.47. The van der Waals surface area contributed by atoms with Gasteiger partial charge in [0, 0.05) is 30.7 Å². The number of rotatable bonds is 8. The van der Waals surface area contributed by atoms with Crippen LogP contribution in [0.15, 0.2) is 30.7 Å². The normalized spacial score (nSPS) is 11.3. The minimum Gasteiger partial charge on any atom is -0.261 e. The molecule has 0 atom stereocenters. The summed E-state index contributed by atoms with van der Waals surface area (Å²) < 4.78 is 0. The van der Waals surface area contributed by atoms with Crippen molar-refractivity contribution < 1.29 is 0 Å². The summed E-state index contributed by atoms with van der Waals surface area (Å²) in [5, 5.41) is 0. The zero-order valence-corrected chi connectivity index (χ0v) is 19.4. The lowest BCUT2D eigenvalue weighted by Gasteiger charge is -2.07. The van der Waals surface area contributed by atoms with Crippen LogP contribution in [0.3, 0.4) is 0 Å². The van der Waals surface area contributed by atoms with E-state index in [1.165, 1.54) is 16.8 Å². The van der Waals surface area contributed by atoms with E-state index >= 15 is 0 Å². The summed E-state index contributed by atoms with van der Waals surface area (Å²) >= 11 is 0. The molecule has 0 radical (unpaired) electrons. The van der Waals surface area contributed by atoms with Gasteiger partial charge in [-0.15, -0.1) is 0 Å². The number of nitrogens with zero attached hydrogens (tertiary/aromatic N) is 3. The SMILES string of the molecule is CC(C)Cc1ccc(CC(C)C)nc1.CC(C)Cc1cnc(CC(C)C)nc1. The second-order valence-electron chi connectivity index (χ2n) is 9.56. The Hall–Kier alpha value is -1.77. The zero-order valence-electron chi connectivity index (χ0n) is 19.4. The molecule has 0 aliphatic carbocycles. The van der Waals surface area contributed by atoms with Crippen LogP contribution in [0.1, 0.15) is 78.0 Å². The number of pyridine rings is 1. The van der Waals surface area contributed by atoms with E-state index in [0.717, 1.165) is 31.5 Å². The molecule has 0 spiro atoms. The molecule has 0 N–H and O–H groups in total. The van der Waals surface area contributed by atoms with Crippen LogP contribution in [0.2, 0.25) is 0 Å². The smallest absolute Gasteiger partial charge is 0.128 e. The molecular weight excluding hydrogens is 342 g/mol. The van der Waals surface area contributed by atoms with Crippen LogP contribution in [-0.4, -0.2) is 15.0 Å². The molecule has 0 aromatic carbocycles. The van der Waals surface area contributed by atoms with Crippen LogP contribution in [0.25, 0.3) is 0 Å². The van der Waals surface area contributed by atoms with E-state index in [1.807, 2.05) is 18.6 Å². The summed E-state index contributed by atoms with van der Waals surface area (Å²) in [6.45, 7) is 17.7. The average molecular weight is 384 g/mol. The van der Waals surface area contributed by atoms with Crippen molar-refractivity contribution in [3.63, 3.8) is 0 Å². The monoisotopic (exact) mass is 383 g/mol. The summed E-state index contributed by atoms with van der Waals surface area (Å²) in [5.41, 5.74) is 3.81. The predicted octanol–water partition coefficient (Wildman–Crippen LogP) is 6.35. The highest BCUT2D eigenvalue weighted by atomic mass is 14.9. The average Bonchev–Trinajstić information content (AvgIpc) is 2.57. The third-order valence-electron chi connectivity index (χ3n) is 4.14. The van der Waals surface area contributed by atoms with E-state index in [-0.39, 0.29) is 0 Å². The second kappa shape index (κ2) is 12.6. The number of aromatic nitrogens is 3. The Bertz CT molecular complexity index is 523. The molecule has 0 unspecified atom stereocenters. The topological polar surface area (TPSA) is 38.7 Å². The van der Waals surface area contributed by atoms with E-state index in [9.17, 15) is 0 Å². The van der Waals surface area contributed by atoms with Crippen LogP contribution >= 0.6 is 0 Å². The Balaban J connectivity index is 0.000000280. The molecule has 3 heteroatoms. The summed E-state index contributed by atoms with van der Waals surface area (Å²) in [5.74, 6) is 3.68. The Kier molecular flexibility index (Phi) is 11.0. The molecule has 0 amide bonds. The van der Waals surface area contributed by atoms with Gasteiger partial charge in [-0.25, -0.2) is 9.97 Å². The first-order valence-electron chi connectivity index (χ1n) is 10.9. The Morgan fingerprint density at radius 3 is 1.43 bits per heavy atom. The standard InChI is InChI=1S/C13H21N.C12H20N2/c1-10(2)7-12-5-6-13(14-9-12)8-11(3)4;1-9(2)5-11-7-13-12(14-8-11)6-10(3)4/h5-6,9-11H,7-8H2,1-4H3;7-10H,5-6H2,1-4H3. The largest absolute Gasteiger partial charge is 0.261 e. The molecule has 2 aromatic rings. The maximum Gasteiger partial charge on any atom is 0.128 e. The number of hydrogen-bond acceptors (Lipinski definition) is 3. The molecule has 0 saturated heterocycles. The van der Waals surface area contributed by atoms with Gasteiger partial charge in [0.25, 0.3) is 0 Å². The van der Waals surface area contributed by atoms with E-state index in [2.05, 4.69) is 82.5 Å². The molecule has 3 nitrogen and oxygen atoms in total. The molecule has 0 fully saturated rings. The van der Waals surface area contributed by atoms with Crippen molar-refractivity contribution in [3.05, 3.63) is 53.4 Å². The van der Waals surface area contributed by atoms with Gasteiger partial charge >= 0.3 is 0 Å². The third-order valence-corrected chi connectivity index (χ3v) is 4.14. The Morgan fingerprint density at radius 1 is 0.536 bits per heavy atom. The molecule has 0 aliphatic heterocycles. The van der Waals surface area contributed by atoms with Crippen molar-refractivity contribution in [1.29, 1.82) is 0 Å². The van der Waals surface area contributed by atoms with Gasteiger partial charge < -0.3 is 0 Å². The molecule has 28 heavy (non-hydrogen) atoms. The lowest BCUT2D eigenvalue weighted by atomic mass is 10.0. The molecule has 2 heterocycles. The minimum absolute atomic E-state index is 0.631. The zero-order chi connectivity index (χ0) is 21.1. The fourth-order valence-corrected chi connectivity index (χ4v) is 3.02. The second-order valence-corrected chi connectivity index (χ2v) is 9.56. The highest BCUT2D eigenvalue weighted by Crippen LogP contribution is 2.10. The van der Waals surface area contributed by atoms with Crippen LogP contribution in [0, 0.1) is 23.7 Å². The van der Waals surface area contributed by atoms with E-state index in [4.69, 9.17) is 0 Å². The molecule has 0 aliphatic rings. The van der Waals surface area contributed by atoms with Crippen molar-refractivity contribution in [3.8, 4) is 0 Å². The van der Waals surface area contributed by atoms with Crippen molar-refractivity contribution in [1.82, 2.24) is 15.0 Å². The number of hydrogen-bond donors (Lipinski definition) is 0. The maximum atomic E-state index is 4.47. The van der Waals surface area contributed by atoms with E-state index < -0.39 is 0 Å². The predicted molar refractivity (Wildman–Crippen MR) is 120 cm³/mol. The van der Waals surface area contributed by atoms with Crippen molar-refractivity contribution in [2.24, 2.45) is 23.7 Å². The molecule has 2 aromatic heterocycles. The van der Waals surface area contributed by atoms with Gasteiger partial charge in [0.05, 0.1) is 0 Å². The van der Waals surface area contributed by atoms with Crippen molar-refractivity contribution in [2.75, 3.05) is 0 Å². The van der Waals surface area contributed by atoms with Crippen LogP contribution < -0.4 is 0 Å². The van der Waals surface area contributed by atoms with Gasteiger partial charge in [-0.3, -0.25) is 4.98 Å². The minimum atomic E-state index is 0.631. The van der Waals surface area contributed by atoms with Gasteiger partial charge in [-0.05, 0) is 60.1 Å². The van der Waals surface area contributed by atoms with Gasteiger partial charge in [0.2, 0.25) is 0 Å². The first kappa shape index (κ1) is 24.3. The van der Waals surface area contributed by atoms with E-state index in [1.54, 1.807) is 0 Å². The van der Waals surface area contributed by atoms with Crippen LogP contribution in [-0.2, 0) is 25.7 Å². The van der Waals surface area contributed by atoms with Crippen LogP contribution in [0.5, 0.6) is 0 Å². The molecular formula is C25H41N3. The molecule has 0 saturated carbocycles. The Labute approximate surface area is 173 Å². The third kappa shape index (κ3) is 11.2. The fraction of sp³-hybridized carbons (Fsp3) is 0.640. The molecule has 0 bridgehead atoms. The molecule has 156 valence electrons. The highest BCUT2D eigenvalue weighted by molar-refractivity contribution is 5.14. The summed E-state index contributed by atoms with van der Waals surface area (Å²) in [6.07, 6.45) is 10.2. The van der Waals surface area contributed by atoms with Gasteiger partial charge in [0.1, 0.15) is 5.82 Å². The summed E-state index contributed by atoms with van der Waals surface area (Å²) in [7, 11) is 0. The van der Waals surface area contributed by atoms with Crippen molar-refractivity contribution >= 4 is 0 Å². The van der Waals surface area contributed by atoms with Crippen LogP contribution in [0.4, 0.5) is 0 Å². The fourth-order valence-electron chi connectivity index (χ4n) is 3.02. The first-order chi connectivity index (χ1) is 13.2. The van der Waals surface area contributed by atoms with Gasteiger partial charge in [-0.1, -0.05) is 61.5 Å². The quantitative estimate of drug-likeness (QED) is 0.533.